The number of aliphatic hydroxyl groups is 1. The van der Waals surface area contributed by atoms with Gasteiger partial charge in [0, 0.05) is 30.9 Å². The topological polar surface area (TPSA) is 86.7 Å². The van der Waals surface area contributed by atoms with Crippen LogP contribution in [-0.2, 0) is 10.0 Å². The van der Waals surface area contributed by atoms with Gasteiger partial charge in [0.05, 0.1) is 9.92 Å². The highest BCUT2D eigenvalue weighted by Gasteiger charge is 2.29. The van der Waals surface area contributed by atoms with Crippen LogP contribution in [-0.4, -0.2) is 43.4 Å². The fraction of sp³-hybridized carbons (Fsp3) is 0.316. The molecule has 28 heavy (non-hydrogen) atoms. The smallest absolute Gasteiger partial charge is 0.255 e. The number of benzene rings is 2. The molecule has 1 aliphatic rings. The molecule has 6 nitrogen and oxygen atoms in total. The van der Waals surface area contributed by atoms with Crippen LogP contribution in [0.25, 0.3) is 0 Å². The Balaban J connectivity index is 1.77. The second-order valence-corrected chi connectivity index (χ2v) is 8.99. The second-order valence-electron chi connectivity index (χ2n) is 6.64. The minimum Gasteiger partial charge on any atom is -0.396 e. The van der Waals surface area contributed by atoms with E-state index in [0.29, 0.717) is 31.6 Å². The third kappa shape index (κ3) is 4.52. The number of aliphatic hydroxyl groups excluding tert-OH is 1. The zero-order valence-electron chi connectivity index (χ0n) is 14.9. The molecule has 2 aromatic rings. The Bertz CT molecular complexity index is 976. The van der Waals surface area contributed by atoms with Crippen LogP contribution in [0.1, 0.15) is 23.2 Å². The van der Waals surface area contributed by atoms with Crippen LogP contribution < -0.4 is 5.32 Å². The van der Waals surface area contributed by atoms with Crippen molar-refractivity contribution >= 4 is 33.2 Å². The molecule has 1 amide bonds. The molecule has 150 valence electrons. The van der Waals surface area contributed by atoms with E-state index < -0.39 is 21.7 Å². The lowest BCUT2D eigenvalue weighted by Crippen LogP contribution is -2.39. The minimum atomic E-state index is -3.73. The van der Waals surface area contributed by atoms with Gasteiger partial charge in [-0.3, -0.25) is 4.79 Å². The van der Waals surface area contributed by atoms with Crippen molar-refractivity contribution in [3.05, 3.63) is 58.9 Å². The van der Waals surface area contributed by atoms with Gasteiger partial charge in [-0.05, 0) is 55.2 Å². The Morgan fingerprint density at radius 2 is 1.93 bits per heavy atom. The lowest BCUT2D eigenvalue weighted by Gasteiger charge is -2.30. The van der Waals surface area contributed by atoms with Crippen molar-refractivity contribution in [2.45, 2.75) is 17.7 Å². The molecule has 1 aliphatic heterocycles. The van der Waals surface area contributed by atoms with E-state index in [1.807, 2.05) is 0 Å². The largest absolute Gasteiger partial charge is 0.396 e. The third-order valence-corrected chi connectivity index (χ3v) is 6.93. The Kier molecular flexibility index (Phi) is 6.34. The number of anilines is 1. The summed E-state index contributed by atoms with van der Waals surface area (Å²) in [5, 5.41) is 11.7. The predicted molar refractivity (Wildman–Crippen MR) is 104 cm³/mol. The van der Waals surface area contributed by atoms with Crippen LogP contribution >= 0.6 is 11.6 Å². The zero-order chi connectivity index (χ0) is 20.3. The Morgan fingerprint density at radius 3 is 2.57 bits per heavy atom. The zero-order valence-corrected chi connectivity index (χ0v) is 16.5. The Hall–Kier alpha value is -2.00. The van der Waals surface area contributed by atoms with Crippen molar-refractivity contribution in [1.29, 1.82) is 0 Å². The van der Waals surface area contributed by atoms with Gasteiger partial charge in [0.2, 0.25) is 10.0 Å². The molecule has 3 rings (SSSR count). The Labute approximate surface area is 168 Å². The van der Waals surface area contributed by atoms with Gasteiger partial charge in [0.1, 0.15) is 5.82 Å². The number of carbonyl (C=O) groups excluding carboxylic acids is 1. The summed E-state index contributed by atoms with van der Waals surface area (Å²) in [5.74, 6) is -1.01. The molecule has 0 bridgehead atoms. The average Bonchev–Trinajstić information content (AvgIpc) is 2.71. The van der Waals surface area contributed by atoms with Gasteiger partial charge < -0.3 is 10.4 Å². The molecular formula is C19H20ClFN2O4S. The summed E-state index contributed by atoms with van der Waals surface area (Å²) in [6, 6.07) is 9.53. The molecular weight excluding hydrogens is 407 g/mol. The van der Waals surface area contributed by atoms with Crippen molar-refractivity contribution in [1.82, 2.24) is 4.31 Å². The summed E-state index contributed by atoms with van der Waals surface area (Å²) in [7, 11) is -3.73. The van der Waals surface area contributed by atoms with Gasteiger partial charge in [-0.15, -0.1) is 0 Å². The Morgan fingerprint density at radius 1 is 1.21 bits per heavy atom. The number of hydrogen-bond donors (Lipinski definition) is 2. The number of piperidine rings is 1. The molecule has 0 radical (unpaired) electrons. The van der Waals surface area contributed by atoms with Crippen molar-refractivity contribution < 1.29 is 22.7 Å². The molecule has 9 heteroatoms. The third-order valence-electron chi connectivity index (χ3n) is 4.74. The summed E-state index contributed by atoms with van der Waals surface area (Å²) in [4.78, 5) is 12.5. The van der Waals surface area contributed by atoms with Gasteiger partial charge in [0.15, 0.2) is 0 Å². The van der Waals surface area contributed by atoms with Crippen LogP contribution in [0.4, 0.5) is 10.1 Å². The van der Waals surface area contributed by atoms with Gasteiger partial charge in [0.25, 0.3) is 5.91 Å². The number of carbonyl (C=O) groups is 1. The highest BCUT2D eigenvalue weighted by atomic mass is 35.5. The fourth-order valence-corrected chi connectivity index (χ4v) is 4.75. The lowest BCUT2D eigenvalue weighted by atomic mass is 10.00. The highest BCUT2D eigenvalue weighted by Crippen LogP contribution is 2.25. The van der Waals surface area contributed by atoms with Gasteiger partial charge in [-0.1, -0.05) is 17.7 Å². The molecule has 0 atom stereocenters. The minimum absolute atomic E-state index is 0.0275. The molecule has 1 heterocycles. The summed E-state index contributed by atoms with van der Waals surface area (Å²) in [5.41, 5.74) is 0.461. The van der Waals surface area contributed by atoms with Crippen LogP contribution in [0.3, 0.4) is 0 Å². The van der Waals surface area contributed by atoms with E-state index in [-0.39, 0.29) is 28.0 Å². The molecule has 2 aromatic carbocycles. The van der Waals surface area contributed by atoms with E-state index >= 15 is 0 Å². The normalized spacial score (nSPS) is 16.1. The molecule has 0 aliphatic carbocycles. The molecule has 0 saturated carbocycles. The van der Waals surface area contributed by atoms with E-state index in [1.54, 1.807) is 0 Å². The summed E-state index contributed by atoms with van der Waals surface area (Å²) < 4.78 is 40.3. The standard InChI is InChI=1S/C19H20ClFN2O4S/c20-17-11-15(4-5-18(17)21)22-19(25)14-2-1-3-16(10-14)28(26,27)23-8-6-13(12-24)7-9-23/h1-5,10-11,13,24H,6-9,12H2,(H,22,25). The van der Waals surface area contributed by atoms with Crippen molar-refractivity contribution in [3.63, 3.8) is 0 Å². The first-order valence-corrected chi connectivity index (χ1v) is 10.6. The molecule has 0 spiro atoms. The number of nitrogens with one attached hydrogen (secondary N) is 1. The first kappa shape index (κ1) is 20.7. The first-order chi connectivity index (χ1) is 13.3. The maximum absolute atomic E-state index is 13.2. The van der Waals surface area contributed by atoms with Crippen molar-refractivity contribution in [2.24, 2.45) is 5.92 Å². The fourth-order valence-electron chi connectivity index (χ4n) is 3.06. The summed E-state index contributed by atoms with van der Waals surface area (Å²) in [6.07, 6.45) is 1.20. The molecule has 0 unspecified atom stereocenters. The quantitative estimate of drug-likeness (QED) is 0.769. The maximum Gasteiger partial charge on any atom is 0.255 e. The molecule has 1 saturated heterocycles. The molecule has 2 N–H and O–H groups in total. The first-order valence-electron chi connectivity index (χ1n) is 8.78. The summed E-state index contributed by atoms with van der Waals surface area (Å²) in [6.45, 7) is 0.715. The predicted octanol–water partition coefficient (Wildman–Crippen LogP) is 3.12. The number of halogens is 2. The van der Waals surface area contributed by atoms with Crippen LogP contribution in [0, 0.1) is 11.7 Å². The number of nitrogens with zero attached hydrogens (tertiary/aromatic N) is 1. The number of sulfonamides is 1. The number of rotatable bonds is 5. The van der Waals surface area contributed by atoms with Gasteiger partial charge >= 0.3 is 0 Å². The lowest BCUT2D eigenvalue weighted by molar-refractivity contribution is 0.102. The highest BCUT2D eigenvalue weighted by molar-refractivity contribution is 7.89. The molecule has 1 fully saturated rings. The SMILES string of the molecule is O=C(Nc1ccc(F)c(Cl)c1)c1cccc(S(=O)(=O)N2CCC(CO)CC2)c1. The van der Waals surface area contributed by atoms with Gasteiger partial charge in [-0.25, -0.2) is 12.8 Å². The van der Waals surface area contributed by atoms with E-state index in [1.165, 1.54) is 40.7 Å². The van der Waals surface area contributed by atoms with E-state index in [0.717, 1.165) is 6.07 Å². The van der Waals surface area contributed by atoms with E-state index in [9.17, 15) is 22.7 Å². The van der Waals surface area contributed by atoms with Crippen LogP contribution in [0.15, 0.2) is 47.4 Å². The number of amides is 1. The maximum atomic E-state index is 13.2. The second kappa shape index (κ2) is 8.57. The van der Waals surface area contributed by atoms with Gasteiger partial charge in [-0.2, -0.15) is 4.31 Å². The van der Waals surface area contributed by atoms with Crippen LogP contribution in [0.5, 0.6) is 0 Å². The number of hydrogen-bond acceptors (Lipinski definition) is 4. The van der Waals surface area contributed by atoms with Crippen molar-refractivity contribution in [2.75, 3.05) is 25.0 Å². The summed E-state index contributed by atoms with van der Waals surface area (Å²) >= 11 is 5.71. The molecule has 0 aromatic heterocycles. The van der Waals surface area contributed by atoms with E-state index in [2.05, 4.69) is 5.32 Å². The van der Waals surface area contributed by atoms with Crippen molar-refractivity contribution in [3.8, 4) is 0 Å². The average molecular weight is 427 g/mol. The van der Waals surface area contributed by atoms with Crippen LogP contribution in [0.2, 0.25) is 5.02 Å². The monoisotopic (exact) mass is 426 g/mol. The van der Waals surface area contributed by atoms with E-state index in [4.69, 9.17) is 11.6 Å².